The summed E-state index contributed by atoms with van der Waals surface area (Å²) in [6.45, 7) is 6.66. The number of hydrogen-bond donors (Lipinski definition) is 1. The number of rotatable bonds is 9. The average Bonchev–Trinajstić information content (AvgIpc) is 3.34. The Balaban J connectivity index is 1.51. The van der Waals surface area contributed by atoms with E-state index in [1.165, 1.54) is 39.9 Å². The van der Waals surface area contributed by atoms with E-state index in [1.807, 2.05) is 0 Å². The Morgan fingerprint density at radius 3 is 2.33 bits per heavy atom. The predicted octanol–water partition coefficient (Wildman–Crippen LogP) is 3.66. The average molecular weight is 622 g/mol. The number of amides is 2. The second-order valence-electron chi connectivity index (χ2n) is 9.73. The van der Waals surface area contributed by atoms with Crippen LogP contribution < -0.4 is 5.32 Å². The first-order chi connectivity index (χ1) is 20.1. The minimum atomic E-state index is -3.90. The number of piperidine rings is 1. The number of ether oxygens (including phenoxy) is 3. The Hall–Kier alpha value is -3.49. The molecule has 2 aliphatic rings. The quantitative estimate of drug-likeness (QED) is 0.327. The molecule has 14 heteroatoms. The molecule has 0 spiro atoms. The van der Waals surface area contributed by atoms with E-state index in [2.05, 4.69) is 5.32 Å². The number of nitrogens with one attached hydrogen (secondary N) is 1. The molecule has 4 rings (SSSR count). The molecule has 2 aromatic rings. The van der Waals surface area contributed by atoms with E-state index < -0.39 is 39.9 Å². The topological polar surface area (TPSA) is 149 Å². The largest absolute Gasteiger partial charge is 0.466 e. The third-order valence-corrected chi connectivity index (χ3v) is 10.1. The van der Waals surface area contributed by atoms with Gasteiger partial charge in [-0.05, 0) is 69.9 Å². The van der Waals surface area contributed by atoms with E-state index in [4.69, 9.17) is 14.2 Å². The highest BCUT2D eigenvalue weighted by Gasteiger charge is 2.35. The third kappa shape index (κ3) is 6.76. The van der Waals surface area contributed by atoms with Crippen molar-refractivity contribution in [1.82, 2.24) is 9.21 Å². The molecule has 42 heavy (non-hydrogen) atoms. The lowest BCUT2D eigenvalue weighted by Crippen LogP contribution is -2.42. The SMILES string of the molecule is CCOC(=O)c1c(NC(=O)c2ccc(S(=O)(=O)N3CCCC(C(=O)OCC)C3)cc2)sc2c1CCN(C(=O)OCC)C2. The molecule has 1 N–H and O–H groups in total. The Morgan fingerprint density at radius 1 is 0.976 bits per heavy atom. The Morgan fingerprint density at radius 2 is 1.67 bits per heavy atom. The van der Waals surface area contributed by atoms with Gasteiger partial charge in [-0.25, -0.2) is 18.0 Å². The minimum absolute atomic E-state index is 0.00131. The number of thiophene rings is 1. The second-order valence-corrected chi connectivity index (χ2v) is 12.8. The van der Waals surface area contributed by atoms with Gasteiger partial charge in [-0.2, -0.15) is 4.31 Å². The molecule has 1 aromatic carbocycles. The smallest absolute Gasteiger partial charge is 0.410 e. The first-order valence-electron chi connectivity index (χ1n) is 13.9. The lowest BCUT2D eigenvalue weighted by molar-refractivity contribution is -0.149. The van der Waals surface area contributed by atoms with Gasteiger partial charge in [-0.3, -0.25) is 9.59 Å². The first kappa shape index (κ1) is 31.4. The zero-order valence-corrected chi connectivity index (χ0v) is 25.5. The van der Waals surface area contributed by atoms with Crippen LogP contribution in [0.2, 0.25) is 0 Å². The maximum atomic E-state index is 13.3. The number of nitrogens with zero attached hydrogens (tertiary/aromatic N) is 2. The maximum Gasteiger partial charge on any atom is 0.410 e. The summed E-state index contributed by atoms with van der Waals surface area (Å²) >= 11 is 1.19. The van der Waals surface area contributed by atoms with Crippen molar-refractivity contribution in [3.63, 3.8) is 0 Å². The van der Waals surface area contributed by atoms with Gasteiger partial charge in [0.2, 0.25) is 10.0 Å². The van der Waals surface area contributed by atoms with Crippen molar-refractivity contribution in [2.24, 2.45) is 5.92 Å². The maximum absolute atomic E-state index is 13.3. The molecule has 0 saturated carbocycles. The van der Waals surface area contributed by atoms with Crippen LogP contribution >= 0.6 is 11.3 Å². The number of fused-ring (bicyclic) bond motifs is 1. The van der Waals surface area contributed by atoms with Crippen LogP contribution in [-0.2, 0) is 42.0 Å². The van der Waals surface area contributed by atoms with Crippen LogP contribution in [-0.4, -0.2) is 81.0 Å². The van der Waals surface area contributed by atoms with Gasteiger partial charge >= 0.3 is 18.0 Å². The summed E-state index contributed by atoms with van der Waals surface area (Å²) in [5, 5.41) is 3.07. The highest BCUT2D eigenvalue weighted by Crippen LogP contribution is 2.38. The summed E-state index contributed by atoms with van der Waals surface area (Å²) in [5.41, 5.74) is 1.17. The molecule has 1 saturated heterocycles. The van der Waals surface area contributed by atoms with E-state index in [0.717, 1.165) is 10.4 Å². The molecular weight excluding hydrogens is 586 g/mol. The summed E-state index contributed by atoms with van der Waals surface area (Å²) in [6.07, 6.45) is 1.05. The summed E-state index contributed by atoms with van der Waals surface area (Å²) in [7, 11) is -3.90. The van der Waals surface area contributed by atoms with Crippen LogP contribution in [0.15, 0.2) is 29.2 Å². The Kier molecular flexibility index (Phi) is 10.2. The van der Waals surface area contributed by atoms with Crippen LogP contribution in [0, 0.1) is 5.92 Å². The number of carbonyl (C=O) groups excluding carboxylic acids is 4. The summed E-state index contributed by atoms with van der Waals surface area (Å²) in [4.78, 5) is 52.8. The van der Waals surface area contributed by atoms with Crippen LogP contribution in [0.4, 0.5) is 9.80 Å². The standard InChI is InChI=1S/C28H35N3O9S2/c1-4-38-26(33)19-8-7-14-31(16-19)42(36,37)20-11-9-18(10-12-20)24(32)29-25-23(27(34)39-5-2)21-13-15-30(17-22(21)41-25)28(35)40-6-3/h9-12,19H,4-8,13-17H2,1-3H3,(H,29,32). The molecule has 0 radical (unpaired) electrons. The fraction of sp³-hybridized carbons (Fsp3) is 0.500. The zero-order valence-electron chi connectivity index (χ0n) is 23.8. The molecule has 0 aliphatic carbocycles. The molecule has 2 amide bonds. The summed E-state index contributed by atoms with van der Waals surface area (Å²) in [6, 6.07) is 5.49. The molecular formula is C28H35N3O9S2. The van der Waals surface area contributed by atoms with E-state index in [1.54, 1.807) is 25.7 Å². The zero-order chi connectivity index (χ0) is 30.4. The molecule has 1 fully saturated rings. The van der Waals surface area contributed by atoms with Crippen molar-refractivity contribution < 1.29 is 41.8 Å². The second kappa shape index (κ2) is 13.7. The molecule has 12 nitrogen and oxygen atoms in total. The van der Waals surface area contributed by atoms with Crippen molar-refractivity contribution in [2.75, 3.05) is 44.8 Å². The normalized spacial score (nSPS) is 17.2. The fourth-order valence-electron chi connectivity index (χ4n) is 5.00. The van der Waals surface area contributed by atoms with Gasteiger partial charge < -0.3 is 24.4 Å². The predicted molar refractivity (Wildman–Crippen MR) is 154 cm³/mol. The molecule has 2 aliphatic heterocycles. The van der Waals surface area contributed by atoms with Crippen molar-refractivity contribution >= 4 is 50.3 Å². The minimum Gasteiger partial charge on any atom is -0.466 e. The van der Waals surface area contributed by atoms with Gasteiger partial charge in [0.25, 0.3) is 5.91 Å². The van der Waals surface area contributed by atoms with Gasteiger partial charge in [0.05, 0.1) is 42.7 Å². The van der Waals surface area contributed by atoms with Crippen LogP contribution in [0.1, 0.15) is 64.8 Å². The lowest BCUT2D eigenvalue weighted by Gasteiger charge is -2.30. The Labute approximate surface area is 249 Å². The van der Waals surface area contributed by atoms with Gasteiger partial charge in [-0.1, -0.05) is 0 Å². The number of sulfonamides is 1. The van der Waals surface area contributed by atoms with Crippen LogP contribution in [0.25, 0.3) is 0 Å². The van der Waals surface area contributed by atoms with Crippen molar-refractivity contribution in [1.29, 1.82) is 0 Å². The van der Waals surface area contributed by atoms with Crippen molar-refractivity contribution in [3.05, 3.63) is 45.8 Å². The molecule has 228 valence electrons. The number of esters is 2. The first-order valence-corrected chi connectivity index (χ1v) is 16.2. The van der Waals surface area contributed by atoms with Gasteiger partial charge in [-0.15, -0.1) is 11.3 Å². The molecule has 1 unspecified atom stereocenters. The highest BCUT2D eigenvalue weighted by atomic mass is 32.2. The van der Waals surface area contributed by atoms with Crippen molar-refractivity contribution in [3.8, 4) is 0 Å². The van der Waals surface area contributed by atoms with Gasteiger partial charge in [0, 0.05) is 30.1 Å². The van der Waals surface area contributed by atoms with Gasteiger partial charge in [0.1, 0.15) is 5.00 Å². The highest BCUT2D eigenvalue weighted by molar-refractivity contribution is 7.89. The van der Waals surface area contributed by atoms with Crippen molar-refractivity contribution in [2.45, 2.75) is 51.5 Å². The number of hydrogen-bond acceptors (Lipinski definition) is 10. The van der Waals surface area contributed by atoms with Crippen LogP contribution in [0.3, 0.4) is 0 Å². The van der Waals surface area contributed by atoms with Crippen LogP contribution in [0.5, 0.6) is 0 Å². The molecule has 1 atom stereocenters. The number of anilines is 1. The molecule has 1 aromatic heterocycles. The lowest BCUT2D eigenvalue weighted by atomic mass is 10.0. The van der Waals surface area contributed by atoms with E-state index >= 15 is 0 Å². The monoisotopic (exact) mass is 621 g/mol. The number of benzene rings is 1. The summed E-state index contributed by atoms with van der Waals surface area (Å²) in [5.74, 6) is -2.03. The molecule has 3 heterocycles. The third-order valence-electron chi connectivity index (χ3n) is 7.05. The number of carbonyl (C=O) groups is 4. The Bertz CT molecular complexity index is 1440. The fourth-order valence-corrected chi connectivity index (χ4v) is 7.77. The van der Waals surface area contributed by atoms with E-state index in [-0.39, 0.29) is 55.5 Å². The van der Waals surface area contributed by atoms with E-state index in [9.17, 15) is 27.6 Å². The van der Waals surface area contributed by atoms with E-state index in [0.29, 0.717) is 30.8 Å². The summed E-state index contributed by atoms with van der Waals surface area (Å²) < 4.78 is 43.3. The molecule has 0 bridgehead atoms. The van der Waals surface area contributed by atoms with Gasteiger partial charge in [0.15, 0.2) is 0 Å².